The number of anilines is 1. The van der Waals surface area contributed by atoms with E-state index in [-0.39, 0.29) is 17.6 Å². The summed E-state index contributed by atoms with van der Waals surface area (Å²) in [6.45, 7) is 6.78. The first kappa shape index (κ1) is 19.0. The highest BCUT2D eigenvalue weighted by molar-refractivity contribution is 8.01. The molecule has 1 unspecified atom stereocenters. The third kappa shape index (κ3) is 6.31. The SMILES string of the molecule is Cc1cc(NC(=O)C(C)SCC(=O)N[C@@H](C(=O)O)C(C)C)no1. The van der Waals surface area contributed by atoms with Gasteiger partial charge in [0.2, 0.25) is 11.8 Å². The summed E-state index contributed by atoms with van der Waals surface area (Å²) in [7, 11) is 0. The van der Waals surface area contributed by atoms with Crippen molar-refractivity contribution in [2.75, 3.05) is 11.1 Å². The fourth-order valence-electron chi connectivity index (χ4n) is 1.66. The molecule has 0 bridgehead atoms. The van der Waals surface area contributed by atoms with E-state index in [1.165, 1.54) is 0 Å². The number of hydrogen-bond donors (Lipinski definition) is 3. The van der Waals surface area contributed by atoms with E-state index in [2.05, 4.69) is 15.8 Å². The fourth-order valence-corrected chi connectivity index (χ4v) is 2.35. The van der Waals surface area contributed by atoms with Crippen molar-refractivity contribution in [2.24, 2.45) is 5.92 Å². The van der Waals surface area contributed by atoms with Crippen LogP contribution >= 0.6 is 11.8 Å². The third-order valence-electron chi connectivity index (χ3n) is 2.96. The van der Waals surface area contributed by atoms with Gasteiger partial charge in [-0.1, -0.05) is 19.0 Å². The van der Waals surface area contributed by atoms with Gasteiger partial charge >= 0.3 is 5.97 Å². The minimum Gasteiger partial charge on any atom is -0.480 e. The number of amides is 2. The molecule has 8 nitrogen and oxygen atoms in total. The lowest BCUT2D eigenvalue weighted by Crippen LogP contribution is -2.45. The third-order valence-corrected chi connectivity index (χ3v) is 4.11. The zero-order chi connectivity index (χ0) is 17.6. The van der Waals surface area contributed by atoms with Crippen LogP contribution in [-0.4, -0.2) is 45.1 Å². The van der Waals surface area contributed by atoms with E-state index in [4.69, 9.17) is 9.63 Å². The topological polar surface area (TPSA) is 122 Å². The molecule has 3 N–H and O–H groups in total. The summed E-state index contributed by atoms with van der Waals surface area (Å²) in [6.07, 6.45) is 0. The van der Waals surface area contributed by atoms with Gasteiger partial charge in [-0.3, -0.25) is 9.59 Å². The average molecular weight is 343 g/mol. The summed E-state index contributed by atoms with van der Waals surface area (Å²) < 4.78 is 4.84. The van der Waals surface area contributed by atoms with Crippen molar-refractivity contribution >= 4 is 35.4 Å². The van der Waals surface area contributed by atoms with Crippen LogP contribution in [0.2, 0.25) is 0 Å². The summed E-state index contributed by atoms with van der Waals surface area (Å²) in [4.78, 5) is 34.8. The molecular weight excluding hydrogens is 322 g/mol. The second-order valence-corrected chi connectivity index (χ2v) is 6.72. The van der Waals surface area contributed by atoms with Gasteiger partial charge in [-0.05, 0) is 19.8 Å². The lowest BCUT2D eigenvalue weighted by molar-refractivity contribution is -0.142. The van der Waals surface area contributed by atoms with Crippen molar-refractivity contribution < 1.29 is 24.0 Å². The maximum Gasteiger partial charge on any atom is 0.326 e. The summed E-state index contributed by atoms with van der Waals surface area (Å²) >= 11 is 1.11. The molecular formula is C14H21N3O5S. The second kappa shape index (κ2) is 8.56. The van der Waals surface area contributed by atoms with Crippen molar-refractivity contribution in [3.8, 4) is 0 Å². The standard InChI is InChI=1S/C14H21N3O5S/c1-7(2)12(14(20)21)16-11(18)6-23-9(4)13(19)15-10-5-8(3)22-17-10/h5,7,9,12H,6H2,1-4H3,(H,16,18)(H,20,21)(H,15,17,19)/t9?,12-/m1/s1. The van der Waals surface area contributed by atoms with E-state index in [0.717, 1.165) is 11.8 Å². The number of aliphatic carboxylic acids is 1. The number of carboxylic acids is 1. The molecule has 0 aliphatic rings. The van der Waals surface area contributed by atoms with Gasteiger partial charge in [-0.25, -0.2) is 4.79 Å². The number of carbonyl (C=O) groups excluding carboxylic acids is 2. The van der Waals surface area contributed by atoms with Crippen molar-refractivity contribution in [1.82, 2.24) is 10.5 Å². The first-order chi connectivity index (χ1) is 10.7. The van der Waals surface area contributed by atoms with Gasteiger partial charge in [0.25, 0.3) is 0 Å². The Morgan fingerprint density at radius 2 is 2.00 bits per heavy atom. The number of nitrogens with one attached hydrogen (secondary N) is 2. The minimum atomic E-state index is -1.08. The van der Waals surface area contributed by atoms with E-state index in [0.29, 0.717) is 11.6 Å². The number of thioether (sulfide) groups is 1. The van der Waals surface area contributed by atoms with E-state index in [1.807, 2.05) is 0 Å². The predicted octanol–water partition coefficient (Wildman–Crippen LogP) is 1.27. The Labute approximate surface area is 138 Å². The van der Waals surface area contributed by atoms with Crippen LogP contribution in [0.15, 0.2) is 10.6 Å². The molecule has 0 radical (unpaired) electrons. The molecule has 0 saturated carbocycles. The van der Waals surface area contributed by atoms with Gasteiger partial charge in [-0.15, -0.1) is 11.8 Å². The van der Waals surface area contributed by atoms with Gasteiger partial charge in [0.05, 0.1) is 11.0 Å². The Morgan fingerprint density at radius 3 is 2.48 bits per heavy atom. The number of carboxylic acid groups (broad SMARTS) is 1. The summed E-state index contributed by atoms with van der Waals surface area (Å²) in [6, 6.07) is 0.646. The van der Waals surface area contributed by atoms with Crippen LogP contribution in [0.5, 0.6) is 0 Å². The Balaban J connectivity index is 2.42. The van der Waals surface area contributed by atoms with Crippen molar-refractivity contribution in [3.63, 3.8) is 0 Å². The Kier molecular flexibility index (Phi) is 7.08. The maximum absolute atomic E-state index is 11.9. The van der Waals surface area contributed by atoms with Crippen LogP contribution in [0.1, 0.15) is 26.5 Å². The smallest absolute Gasteiger partial charge is 0.326 e. The lowest BCUT2D eigenvalue weighted by Gasteiger charge is -2.18. The van der Waals surface area contributed by atoms with Crippen LogP contribution in [0, 0.1) is 12.8 Å². The predicted molar refractivity (Wildman–Crippen MR) is 86.2 cm³/mol. The minimum absolute atomic E-state index is 0.0110. The monoisotopic (exact) mass is 343 g/mol. The molecule has 1 aromatic heterocycles. The molecule has 0 spiro atoms. The normalized spacial score (nSPS) is 13.4. The molecule has 0 saturated heterocycles. The van der Waals surface area contributed by atoms with Gasteiger partial charge in [0.15, 0.2) is 5.82 Å². The number of aromatic nitrogens is 1. The second-order valence-electron chi connectivity index (χ2n) is 5.39. The van der Waals surface area contributed by atoms with Gasteiger partial charge in [0, 0.05) is 6.07 Å². The molecule has 128 valence electrons. The van der Waals surface area contributed by atoms with E-state index in [1.54, 1.807) is 33.8 Å². The molecule has 2 amide bonds. The zero-order valence-electron chi connectivity index (χ0n) is 13.5. The van der Waals surface area contributed by atoms with E-state index >= 15 is 0 Å². The molecule has 0 aliphatic heterocycles. The molecule has 2 atom stereocenters. The maximum atomic E-state index is 11.9. The van der Waals surface area contributed by atoms with Gasteiger partial charge in [0.1, 0.15) is 11.8 Å². The van der Waals surface area contributed by atoms with Crippen LogP contribution in [0.25, 0.3) is 0 Å². The highest BCUT2D eigenvalue weighted by atomic mass is 32.2. The van der Waals surface area contributed by atoms with Crippen molar-refractivity contribution in [2.45, 2.75) is 39.0 Å². The Bertz CT molecular complexity index is 573. The fraction of sp³-hybridized carbons (Fsp3) is 0.571. The summed E-state index contributed by atoms with van der Waals surface area (Å²) in [5.41, 5.74) is 0. The van der Waals surface area contributed by atoms with E-state index in [9.17, 15) is 14.4 Å². The molecule has 1 rings (SSSR count). The van der Waals surface area contributed by atoms with Gasteiger partial charge in [-0.2, -0.15) is 0 Å². The zero-order valence-corrected chi connectivity index (χ0v) is 14.3. The largest absolute Gasteiger partial charge is 0.480 e. The molecule has 1 aromatic rings. The number of carbonyl (C=O) groups is 3. The van der Waals surface area contributed by atoms with Crippen molar-refractivity contribution in [3.05, 3.63) is 11.8 Å². The number of aryl methyl sites for hydroxylation is 1. The number of rotatable bonds is 8. The Hall–Kier alpha value is -2.03. The molecule has 0 aromatic carbocycles. The molecule has 23 heavy (non-hydrogen) atoms. The highest BCUT2D eigenvalue weighted by Crippen LogP contribution is 2.14. The first-order valence-electron chi connectivity index (χ1n) is 7.08. The van der Waals surface area contributed by atoms with Crippen LogP contribution in [0.3, 0.4) is 0 Å². The quantitative estimate of drug-likeness (QED) is 0.649. The van der Waals surface area contributed by atoms with Crippen LogP contribution in [-0.2, 0) is 14.4 Å². The highest BCUT2D eigenvalue weighted by Gasteiger charge is 2.24. The average Bonchev–Trinajstić information content (AvgIpc) is 2.86. The Morgan fingerprint density at radius 1 is 1.35 bits per heavy atom. The van der Waals surface area contributed by atoms with Crippen molar-refractivity contribution in [1.29, 1.82) is 0 Å². The number of nitrogens with zero attached hydrogens (tertiary/aromatic N) is 1. The lowest BCUT2D eigenvalue weighted by atomic mass is 10.1. The molecule has 1 heterocycles. The molecule has 0 aliphatic carbocycles. The number of hydrogen-bond acceptors (Lipinski definition) is 6. The first-order valence-corrected chi connectivity index (χ1v) is 8.13. The summed E-state index contributed by atoms with van der Waals surface area (Å²) in [5.74, 6) is -1.16. The van der Waals surface area contributed by atoms with E-state index < -0.39 is 23.2 Å². The molecule has 9 heteroatoms. The van der Waals surface area contributed by atoms with Crippen LogP contribution < -0.4 is 10.6 Å². The van der Waals surface area contributed by atoms with Gasteiger partial charge < -0.3 is 20.3 Å². The molecule has 0 fully saturated rings. The summed E-state index contributed by atoms with van der Waals surface area (Å²) in [5, 5.41) is 17.2. The van der Waals surface area contributed by atoms with Crippen LogP contribution in [0.4, 0.5) is 5.82 Å².